The van der Waals surface area contributed by atoms with E-state index < -0.39 is 15.9 Å². The second kappa shape index (κ2) is 8.45. The van der Waals surface area contributed by atoms with Crippen molar-refractivity contribution in [3.8, 4) is 0 Å². The van der Waals surface area contributed by atoms with Gasteiger partial charge in [0.05, 0.1) is 4.90 Å². The molecule has 1 aromatic heterocycles. The monoisotopic (exact) mass is 433 g/mol. The summed E-state index contributed by atoms with van der Waals surface area (Å²) in [5, 5.41) is 7.43. The molecule has 7 nitrogen and oxygen atoms in total. The predicted molar refractivity (Wildman–Crippen MR) is 118 cm³/mol. The van der Waals surface area contributed by atoms with Crippen LogP contribution in [-0.2, 0) is 10.0 Å². The van der Waals surface area contributed by atoms with Crippen molar-refractivity contribution in [2.45, 2.75) is 11.8 Å². The molecule has 0 aliphatic heterocycles. The lowest BCUT2D eigenvalue weighted by Gasteiger charge is -2.09. The molecule has 0 saturated carbocycles. The number of carbonyl (C=O) groups excluding carboxylic acids is 1. The van der Waals surface area contributed by atoms with E-state index in [1.165, 1.54) is 12.1 Å². The number of fused-ring (bicyclic) bond motifs is 1. The zero-order chi connectivity index (χ0) is 21.8. The average molecular weight is 433 g/mol. The highest BCUT2D eigenvalue weighted by Crippen LogP contribution is 2.17. The largest absolute Gasteiger partial charge is 0.436 e. The third-order valence-corrected chi connectivity index (χ3v) is 5.84. The molecule has 0 fully saturated rings. The number of hydrogen-bond donors (Lipinski definition) is 2. The highest BCUT2D eigenvalue weighted by molar-refractivity contribution is 7.89. The van der Waals surface area contributed by atoms with Gasteiger partial charge in [0.2, 0.25) is 5.55 Å². The van der Waals surface area contributed by atoms with Crippen LogP contribution in [-0.4, -0.2) is 14.3 Å². The molecule has 2 N–H and O–H groups in total. The first-order valence-corrected chi connectivity index (χ1v) is 10.9. The van der Waals surface area contributed by atoms with E-state index in [1.807, 2.05) is 31.2 Å². The van der Waals surface area contributed by atoms with E-state index >= 15 is 0 Å². The van der Waals surface area contributed by atoms with E-state index in [4.69, 9.17) is 4.42 Å². The summed E-state index contributed by atoms with van der Waals surface area (Å²) in [5.41, 5.74) is 1.93. The van der Waals surface area contributed by atoms with Gasteiger partial charge in [0, 0.05) is 11.1 Å². The van der Waals surface area contributed by atoms with Gasteiger partial charge in [-0.05, 0) is 42.8 Å². The first-order valence-electron chi connectivity index (χ1n) is 9.44. The molecule has 1 heterocycles. The molecule has 0 bridgehead atoms. The molecule has 8 heteroatoms. The van der Waals surface area contributed by atoms with Crippen molar-refractivity contribution in [1.29, 1.82) is 0 Å². The van der Waals surface area contributed by atoms with E-state index in [2.05, 4.69) is 15.2 Å². The van der Waals surface area contributed by atoms with Crippen LogP contribution in [0.1, 0.15) is 15.9 Å². The van der Waals surface area contributed by atoms with Crippen LogP contribution in [0.15, 0.2) is 99.3 Å². The zero-order valence-corrected chi connectivity index (χ0v) is 17.4. The van der Waals surface area contributed by atoms with Gasteiger partial charge in [0.25, 0.3) is 15.9 Å². The van der Waals surface area contributed by atoms with Crippen LogP contribution in [0.3, 0.4) is 0 Å². The minimum Gasteiger partial charge on any atom is -0.436 e. The lowest BCUT2D eigenvalue weighted by atomic mass is 10.1. The van der Waals surface area contributed by atoms with Crippen molar-refractivity contribution < 1.29 is 17.6 Å². The number of benzene rings is 3. The third-order valence-electron chi connectivity index (χ3n) is 4.61. The second-order valence-corrected chi connectivity index (χ2v) is 8.45. The van der Waals surface area contributed by atoms with Crippen LogP contribution in [0, 0.1) is 6.92 Å². The lowest BCUT2D eigenvalue weighted by Crippen LogP contribution is -2.27. The zero-order valence-electron chi connectivity index (χ0n) is 16.6. The predicted octanol–water partition coefficient (Wildman–Crippen LogP) is 3.79. The first-order chi connectivity index (χ1) is 14.9. The maximum absolute atomic E-state index is 13.0. The van der Waals surface area contributed by atoms with Crippen LogP contribution < -0.4 is 15.7 Å². The molecule has 4 rings (SSSR count). The number of amides is 1. The van der Waals surface area contributed by atoms with Crippen molar-refractivity contribution in [1.82, 2.24) is 4.83 Å². The van der Waals surface area contributed by atoms with Crippen molar-refractivity contribution in [3.63, 3.8) is 0 Å². The normalized spacial score (nSPS) is 12.0. The Morgan fingerprint density at radius 2 is 1.58 bits per heavy atom. The number of hydrogen-bond acceptors (Lipinski definition) is 5. The summed E-state index contributed by atoms with van der Waals surface area (Å²) in [6.07, 6.45) is 0. The molecule has 31 heavy (non-hydrogen) atoms. The van der Waals surface area contributed by atoms with Crippen LogP contribution in [0.25, 0.3) is 11.0 Å². The molecule has 0 aliphatic rings. The van der Waals surface area contributed by atoms with E-state index in [0.29, 0.717) is 16.7 Å². The molecule has 0 saturated heterocycles. The molecule has 1 amide bonds. The fourth-order valence-corrected chi connectivity index (χ4v) is 3.80. The summed E-state index contributed by atoms with van der Waals surface area (Å²) in [6.45, 7) is 1.87. The molecular formula is C23H19N3O4S. The Kier molecular flexibility index (Phi) is 5.55. The molecule has 156 valence electrons. The molecule has 4 aromatic rings. The van der Waals surface area contributed by atoms with Crippen molar-refractivity contribution in [2.24, 2.45) is 5.10 Å². The Balaban J connectivity index is 1.77. The van der Waals surface area contributed by atoms with Crippen LogP contribution >= 0.6 is 0 Å². The fraction of sp³-hybridized carbons (Fsp3) is 0.0435. The van der Waals surface area contributed by atoms with Gasteiger partial charge in [-0.1, -0.05) is 54.6 Å². The van der Waals surface area contributed by atoms with Gasteiger partial charge in [-0.3, -0.25) is 4.79 Å². The Hall–Kier alpha value is -3.91. The van der Waals surface area contributed by atoms with Gasteiger partial charge in [0.1, 0.15) is 11.1 Å². The SMILES string of the molecule is Cc1ccccc1NC(=O)c1cc2ccccc2o/c1=N/NS(=O)(=O)c1ccccc1. The number of aryl methyl sites for hydroxylation is 1. The number of sulfonamides is 1. The number of para-hydroxylation sites is 2. The number of anilines is 1. The second-order valence-electron chi connectivity index (χ2n) is 6.79. The maximum atomic E-state index is 13.0. The highest BCUT2D eigenvalue weighted by atomic mass is 32.2. The van der Waals surface area contributed by atoms with E-state index in [-0.39, 0.29) is 16.0 Å². The molecule has 0 radical (unpaired) electrons. The number of nitrogens with one attached hydrogen (secondary N) is 2. The van der Waals surface area contributed by atoms with Gasteiger partial charge in [-0.25, -0.2) is 0 Å². The summed E-state index contributed by atoms with van der Waals surface area (Å²) in [4.78, 5) is 15.2. The molecule has 0 spiro atoms. The van der Waals surface area contributed by atoms with Gasteiger partial charge >= 0.3 is 0 Å². The van der Waals surface area contributed by atoms with Crippen LogP contribution in [0.5, 0.6) is 0 Å². The van der Waals surface area contributed by atoms with Crippen molar-refractivity contribution in [3.05, 3.63) is 102 Å². The summed E-state index contributed by atoms with van der Waals surface area (Å²) in [5.74, 6) is -0.471. The number of rotatable bonds is 5. The van der Waals surface area contributed by atoms with Gasteiger partial charge in [-0.2, -0.15) is 13.2 Å². The van der Waals surface area contributed by atoms with Gasteiger partial charge in [0.15, 0.2) is 0 Å². The van der Waals surface area contributed by atoms with Gasteiger partial charge < -0.3 is 9.73 Å². The molecule has 0 atom stereocenters. The topological polar surface area (TPSA) is 101 Å². The highest BCUT2D eigenvalue weighted by Gasteiger charge is 2.16. The molecule has 3 aromatic carbocycles. The van der Waals surface area contributed by atoms with Crippen LogP contribution in [0.4, 0.5) is 5.69 Å². The van der Waals surface area contributed by atoms with Crippen molar-refractivity contribution >= 4 is 32.6 Å². The standard InChI is InChI=1S/C23H19N3O4S/c1-16-9-5-7-13-20(16)24-22(27)19-15-17-10-6-8-14-21(17)30-23(19)25-26-31(28,29)18-11-3-2-4-12-18/h2-15,26H,1H3,(H,24,27)/b25-23+. The minimum absolute atomic E-state index is 0.0467. The molecular weight excluding hydrogens is 414 g/mol. The van der Waals surface area contributed by atoms with E-state index in [0.717, 1.165) is 5.56 Å². The molecule has 0 unspecified atom stereocenters. The fourth-order valence-electron chi connectivity index (χ4n) is 2.97. The Morgan fingerprint density at radius 3 is 2.35 bits per heavy atom. The lowest BCUT2D eigenvalue weighted by molar-refractivity contribution is 0.102. The average Bonchev–Trinajstić information content (AvgIpc) is 2.79. The summed E-state index contributed by atoms with van der Waals surface area (Å²) < 4.78 is 30.8. The Bertz CT molecular complexity index is 1430. The summed E-state index contributed by atoms with van der Waals surface area (Å²) in [6, 6.07) is 23.9. The smallest absolute Gasteiger partial charge is 0.276 e. The first kappa shape index (κ1) is 20.4. The minimum atomic E-state index is -3.93. The summed E-state index contributed by atoms with van der Waals surface area (Å²) >= 11 is 0. The van der Waals surface area contributed by atoms with Gasteiger partial charge in [-0.15, -0.1) is 5.10 Å². The number of nitrogens with zero attached hydrogens (tertiary/aromatic N) is 1. The summed E-state index contributed by atoms with van der Waals surface area (Å²) in [7, 11) is -3.93. The van der Waals surface area contributed by atoms with E-state index in [9.17, 15) is 13.2 Å². The Morgan fingerprint density at radius 1 is 0.903 bits per heavy atom. The van der Waals surface area contributed by atoms with E-state index in [1.54, 1.807) is 48.5 Å². The molecule has 0 aliphatic carbocycles. The quantitative estimate of drug-likeness (QED) is 0.468. The third kappa shape index (κ3) is 4.49. The van der Waals surface area contributed by atoms with Crippen LogP contribution in [0.2, 0.25) is 0 Å². The maximum Gasteiger partial charge on any atom is 0.276 e. The number of carbonyl (C=O) groups is 1. The van der Waals surface area contributed by atoms with Crippen molar-refractivity contribution in [2.75, 3.05) is 5.32 Å². The Labute approximate surface area is 179 Å².